The molecule has 2 saturated carbocycles. The smallest absolute Gasteiger partial charge is 0.133 e. The zero-order valence-corrected chi connectivity index (χ0v) is 12.6. The van der Waals surface area contributed by atoms with E-state index in [1.165, 1.54) is 12.8 Å². The van der Waals surface area contributed by atoms with Crippen LogP contribution in [-0.4, -0.2) is 36.5 Å². The fourth-order valence-electron chi connectivity index (χ4n) is 3.33. The first-order valence-electron chi connectivity index (χ1n) is 8.07. The van der Waals surface area contributed by atoms with Crippen molar-refractivity contribution in [1.82, 2.24) is 5.32 Å². The van der Waals surface area contributed by atoms with Crippen molar-refractivity contribution in [2.24, 2.45) is 5.92 Å². The molecule has 3 atom stereocenters. The molecule has 1 heterocycles. The van der Waals surface area contributed by atoms with Crippen LogP contribution >= 0.6 is 0 Å². The van der Waals surface area contributed by atoms with E-state index < -0.39 is 5.54 Å². The summed E-state index contributed by atoms with van der Waals surface area (Å²) in [7, 11) is 0. The van der Waals surface area contributed by atoms with Crippen molar-refractivity contribution in [2.45, 2.75) is 82.3 Å². The van der Waals surface area contributed by atoms with Crippen LogP contribution in [0.3, 0.4) is 0 Å². The van der Waals surface area contributed by atoms with Crippen LogP contribution in [0.2, 0.25) is 0 Å². The molecule has 20 heavy (non-hydrogen) atoms. The van der Waals surface area contributed by atoms with Crippen LogP contribution in [0.4, 0.5) is 0 Å². The highest BCUT2D eigenvalue weighted by Gasteiger charge is 2.49. The van der Waals surface area contributed by atoms with E-state index in [2.05, 4.69) is 25.2 Å². The van der Waals surface area contributed by atoms with Gasteiger partial charge in [-0.15, -0.1) is 0 Å². The quantitative estimate of drug-likeness (QED) is 0.810. The number of hydrogen-bond donors (Lipinski definition) is 1. The summed E-state index contributed by atoms with van der Waals surface area (Å²) in [5.41, 5.74) is -0.439. The number of nitrogens with zero attached hydrogens (tertiary/aromatic N) is 1. The lowest BCUT2D eigenvalue weighted by Gasteiger charge is -2.35. The summed E-state index contributed by atoms with van der Waals surface area (Å²) >= 11 is 0. The van der Waals surface area contributed by atoms with Crippen molar-refractivity contribution in [3.05, 3.63) is 0 Å². The van der Waals surface area contributed by atoms with Gasteiger partial charge >= 0.3 is 0 Å². The second-order valence-electron chi connectivity index (χ2n) is 6.94. The lowest BCUT2D eigenvalue weighted by molar-refractivity contribution is -0.109. The van der Waals surface area contributed by atoms with Crippen molar-refractivity contribution in [1.29, 1.82) is 5.26 Å². The highest BCUT2D eigenvalue weighted by Crippen LogP contribution is 2.42. The number of rotatable bonds is 6. The molecular weight excluding hydrogens is 252 g/mol. The normalized spacial score (nSPS) is 37.1. The number of nitrogens with one attached hydrogen (secondary N) is 1. The van der Waals surface area contributed by atoms with Crippen LogP contribution in [0.5, 0.6) is 0 Å². The fraction of sp³-hybridized carbons (Fsp3) is 0.938. The van der Waals surface area contributed by atoms with Gasteiger partial charge in [-0.25, -0.2) is 0 Å². The Balaban J connectivity index is 1.57. The lowest BCUT2D eigenvalue weighted by atomic mass is 9.95. The molecule has 3 unspecified atom stereocenters. The van der Waals surface area contributed by atoms with E-state index in [9.17, 15) is 5.26 Å². The molecule has 0 aromatic carbocycles. The Labute approximate surface area is 121 Å². The molecule has 1 aliphatic heterocycles. The average molecular weight is 278 g/mol. The Morgan fingerprint density at radius 3 is 2.35 bits per heavy atom. The number of nitriles is 1. The second-order valence-corrected chi connectivity index (χ2v) is 6.94. The van der Waals surface area contributed by atoms with Gasteiger partial charge in [0.25, 0.3) is 0 Å². The van der Waals surface area contributed by atoms with Gasteiger partial charge in [0.2, 0.25) is 0 Å². The molecule has 3 fully saturated rings. The Morgan fingerprint density at radius 1 is 1.20 bits per heavy atom. The topological polar surface area (TPSA) is 54.3 Å². The molecule has 0 bridgehead atoms. The predicted molar refractivity (Wildman–Crippen MR) is 76.2 cm³/mol. The molecule has 0 radical (unpaired) electrons. The van der Waals surface area contributed by atoms with Crippen LogP contribution in [0.1, 0.15) is 52.4 Å². The van der Waals surface area contributed by atoms with E-state index in [1.807, 2.05) is 0 Å². The van der Waals surface area contributed by atoms with E-state index in [-0.39, 0.29) is 18.3 Å². The van der Waals surface area contributed by atoms with Crippen LogP contribution in [0.25, 0.3) is 0 Å². The van der Waals surface area contributed by atoms with E-state index in [0.717, 1.165) is 25.7 Å². The second kappa shape index (κ2) is 5.63. The number of hydrogen-bond acceptors (Lipinski definition) is 4. The molecule has 0 aromatic heterocycles. The molecule has 112 valence electrons. The summed E-state index contributed by atoms with van der Waals surface area (Å²) in [6, 6.07) is 3.09. The minimum absolute atomic E-state index is 0.237. The van der Waals surface area contributed by atoms with Crippen molar-refractivity contribution < 1.29 is 9.47 Å². The van der Waals surface area contributed by atoms with Crippen molar-refractivity contribution in [2.75, 3.05) is 6.61 Å². The molecule has 3 aliphatic rings. The standard InChI is InChI=1S/C16H26N2O2/c1-11-7-15(8-12(2)20-11)19-10-16(9-17,13-3-4-13)18-14-5-6-14/h11-15,18H,3-8,10H2,1-2H3. The van der Waals surface area contributed by atoms with E-state index in [1.54, 1.807) is 0 Å². The van der Waals surface area contributed by atoms with E-state index in [0.29, 0.717) is 18.6 Å². The molecule has 1 saturated heterocycles. The van der Waals surface area contributed by atoms with Gasteiger partial charge in [0.15, 0.2) is 0 Å². The Bertz CT molecular complexity index is 376. The molecule has 0 amide bonds. The molecule has 4 heteroatoms. The van der Waals surface area contributed by atoms with Crippen LogP contribution in [0, 0.1) is 17.2 Å². The third kappa shape index (κ3) is 3.33. The van der Waals surface area contributed by atoms with Gasteiger partial charge in [-0.2, -0.15) is 5.26 Å². The van der Waals surface area contributed by atoms with Gasteiger partial charge in [-0.05, 0) is 58.3 Å². The summed E-state index contributed by atoms with van der Waals surface area (Å²) in [5, 5.41) is 13.2. The highest BCUT2D eigenvalue weighted by molar-refractivity contribution is 5.17. The summed E-state index contributed by atoms with van der Waals surface area (Å²) in [5.74, 6) is 0.489. The molecule has 1 N–H and O–H groups in total. The third-order valence-electron chi connectivity index (χ3n) is 4.71. The van der Waals surface area contributed by atoms with Gasteiger partial charge < -0.3 is 9.47 Å². The predicted octanol–water partition coefficient (Wildman–Crippen LogP) is 2.38. The molecule has 3 rings (SSSR count). The summed E-state index contributed by atoms with van der Waals surface area (Å²) in [4.78, 5) is 0. The minimum Gasteiger partial charge on any atom is -0.375 e. The van der Waals surface area contributed by atoms with Crippen molar-refractivity contribution in [3.8, 4) is 6.07 Å². The maximum absolute atomic E-state index is 9.68. The third-order valence-corrected chi connectivity index (χ3v) is 4.71. The fourth-order valence-corrected chi connectivity index (χ4v) is 3.33. The van der Waals surface area contributed by atoms with E-state index in [4.69, 9.17) is 9.47 Å². The summed E-state index contributed by atoms with van der Waals surface area (Å²) < 4.78 is 11.9. The Hall–Kier alpha value is -0.630. The van der Waals surface area contributed by atoms with Gasteiger partial charge in [0.05, 0.1) is 31.0 Å². The largest absolute Gasteiger partial charge is 0.375 e. The molecule has 0 aromatic rings. The van der Waals surface area contributed by atoms with Crippen LogP contribution in [-0.2, 0) is 9.47 Å². The zero-order valence-electron chi connectivity index (χ0n) is 12.6. The lowest BCUT2D eigenvalue weighted by Crippen LogP contribution is -2.52. The maximum Gasteiger partial charge on any atom is 0.133 e. The maximum atomic E-state index is 9.68. The molecule has 2 aliphatic carbocycles. The average Bonchev–Trinajstić information content (AvgIpc) is 3.25. The summed E-state index contributed by atoms with van der Waals surface area (Å²) in [6.07, 6.45) is 7.40. The monoisotopic (exact) mass is 278 g/mol. The molecule has 4 nitrogen and oxygen atoms in total. The Kier molecular flexibility index (Phi) is 4.03. The Morgan fingerprint density at radius 2 is 1.85 bits per heavy atom. The minimum atomic E-state index is -0.439. The van der Waals surface area contributed by atoms with Crippen molar-refractivity contribution >= 4 is 0 Å². The van der Waals surface area contributed by atoms with Gasteiger partial charge in [-0.1, -0.05) is 0 Å². The SMILES string of the molecule is CC1CC(OCC(C#N)(NC2CC2)C2CC2)CC(C)O1. The summed E-state index contributed by atoms with van der Waals surface area (Å²) in [6.45, 7) is 4.74. The van der Waals surface area contributed by atoms with Crippen molar-refractivity contribution in [3.63, 3.8) is 0 Å². The van der Waals surface area contributed by atoms with Crippen LogP contribution in [0.15, 0.2) is 0 Å². The van der Waals surface area contributed by atoms with Gasteiger partial charge in [0.1, 0.15) is 5.54 Å². The molecular formula is C16H26N2O2. The van der Waals surface area contributed by atoms with Gasteiger partial charge in [-0.3, -0.25) is 5.32 Å². The van der Waals surface area contributed by atoms with E-state index >= 15 is 0 Å². The number of ether oxygens (including phenoxy) is 2. The highest BCUT2D eigenvalue weighted by atomic mass is 16.5. The first kappa shape index (κ1) is 14.3. The first-order valence-corrected chi connectivity index (χ1v) is 8.07. The zero-order chi connectivity index (χ0) is 14.2. The van der Waals surface area contributed by atoms with Crippen LogP contribution < -0.4 is 5.32 Å². The first-order chi connectivity index (χ1) is 9.61. The molecule has 0 spiro atoms. The van der Waals surface area contributed by atoms with Gasteiger partial charge in [0, 0.05) is 6.04 Å².